The summed E-state index contributed by atoms with van der Waals surface area (Å²) in [5.74, 6) is -2.22. The second kappa shape index (κ2) is 3.38. The molecule has 0 aromatic heterocycles. The van der Waals surface area contributed by atoms with E-state index in [9.17, 15) is 22.4 Å². The van der Waals surface area contributed by atoms with Crippen molar-refractivity contribution in [2.75, 3.05) is 0 Å². The Kier molecular flexibility index (Phi) is 3.11. The first-order chi connectivity index (χ1) is 4.46. The molecule has 0 bridgehead atoms. The normalized spacial score (nSPS) is 16.9. The maximum Gasteiger partial charge on any atom is 0.341 e. The molecule has 0 aliphatic rings. The standard InChI is InChI=1S/C4H4F4O2/c5-1(3(7)8)2(6)4(9)10/h1-3H,(H,9,10). The zero-order valence-corrected chi connectivity index (χ0v) is 4.60. The van der Waals surface area contributed by atoms with Gasteiger partial charge in [-0.15, -0.1) is 0 Å². The number of rotatable bonds is 3. The Labute approximate surface area is 53.5 Å². The van der Waals surface area contributed by atoms with E-state index in [4.69, 9.17) is 5.11 Å². The van der Waals surface area contributed by atoms with E-state index in [1.807, 2.05) is 0 Å². The zero-order valence-electron chi connectivity index (χ0n) is 4.60. The molecule has 0 rings (SSSR count). The van der Waals surface area contributed by atoms with Gasteiger partial charge in [-0.1, -0.05) is 0 Å². The van der Waals surface area contributed by atoms with Crippen LogP contribution in [0.25, 0.3) is 0 Å². The first kappa shape index (κ1) is 9.19. The summed E-state index contributed by atoms with van der Waals surface area (Å²) in [6, 6.07) is 0. The monoisotopic (exact) mass is 160 g/mol. The summed E-state index contributed by atoms with van der Waals surface area (Å²) in [5.41, 5.74) is 0. The number of hydrogen-bond donors (Lipinski definition) is 1. The van der Waals surface area contributed by atoms with Gasteiger partial charge in [0.1, 0.15) is 0 Å². The van der Waals surface area contributed by atoms with Gasteiger partial charge in [0, 0.05) is 0 Å². The lowest BCUT2D eigenvalue weighted by molar-refractivity contribution is -0.148. The Bertz CT molecular complexity index is 126. The van der Waals surface area contributed by atoms with Crippen LogP contribution in [0.3, 0.4) is 0 Å². The van der Waals surface area contributed by atoms with Crippen molar-refractivity contribution in [1.29, 1.82) is 0 Å². The largest absolute Gasteiger partial charge is 0.479 e. The third-order valence-electron chi connectivity index (χ3n) is 0.756. The highest BCUT2D eigenvalue weighted by Crippen LogP contribution is 2.12. The second-order valence-electron chi connectivity index (χ2n) is 1.52. The van der Waals surface area contributed by atoms with E-state index in [1.165, 1.54) is 0 Å². The van der Waals surface area contributed by atoms with E-state index in [2.05, 4.69) is 0 Å². The van der Waals surface area contributed by atoms with Gasteiger partial charge in [-0.3, -0.25) is 0 Å². The molecule has 0 radical (unpaired) electrons. The Hall–Kier alpha value is -0.810. The van der Waals surface area contributed by atoms with Crippen LogP contribution < -0.4 is 0 Å². The predicted octanol–water partition coefficient (Wildman–Crippen LogP) is 1.01. The first-order valence-corrected chi connectivity index (χ1v) is 2.26. The van der Waals surface area contributed by atoms with Crippen molar-refractivity contribution in [3.05, 3.63) is 0 Å². The van der Waals surface area contributed by atoms with E-state index < -0.39 is 24.7 Å². The molecule has 0 amide bonds. The lowest BCUT2D eigenvalue weighted by Crippen LogP contribution is -2.31. The third kappa shape index (κ3) is 2.20. The fourth-order valence-corrected chi connectivity index (χ4v) is 0.264. The van der Waals surface area contributed by atoms with Crippen LogP contribution in [0.1, 0.15) is 0 Å². The molecule has 0 aliphatic heterocycles. The minimum atomic E-state index is -3.59. The zero-order chi connectivity index (χ0) is 8.31. The molecule has 2 atom stereocenters. The lowest BCUT2D eigenvalue weighted by Gasteiger charge is -2.06. The molecular weight excluding hydrogens is 156 g/mol. The van der Waals surface area contributed by atoms with Crippen LogP contribution in [0.4, 0.5) is 17.6 Å². The van der Waals surface area contributed by atoms with Gasteiger partial charge in [-0.25, -0.2) is 22.4 Å². The van der Waals surface area contributed by atoms with Gasteiger partial charge in [0.25, 0.3) is 6.43 Å². The van der Waals surface area contributed by atoms with Crippen LogP contribution in [0.2, 0.25) is 0 Å². The van der Waals surface area contributed by atoms with Gasteiger partial charge in [0.05, 0.1) is 0 Å². The van der Waals surface area contributed by atoms with E-state index in [0.29, 0.717) is 0 Å². The quantitative estimate of drug-likeness (QED) is 0.625. The van der Waals surface area contributed by atoms with Gasteiger partial charge in [-0.2, -0.15) is 0 Å². The number of alkyl halides is 4. The van der Waals surface area contributed by atoms with Crippen molar-refractivity contribution >= 4 is 5.97 Å². The van der Waals surface area contributed by atoms with Crippen molar-refractivity contribution in [1.82, 2.24) is 0 Å². The van der Waals surface area contributed by atoms with Crippen LogP contribution in [-0.2, 0) is 4.79 Å². The van der Waals surface area contributed by atoms with Crippen molar-refractivity contribution in [2.45, 2.75) is 18.8 Å². The summed E-state index contributed by atoms with van der Waals surface area (Å²) in [4.78, 5) is 9.50. The van der Waals surface area contributed by atoms with Gasteiger partial charge < -0.3 is 5.11 Å². The summed E-state index contributed by atoms with van der Waals surface area (Å²) in [6.07, 6.45) is -9.97. The minimum absolute atomic E-state index is 2.22. The number of carbonyl (C=O) groups is 1. The first-order valence-electron chi connectivity index (χ1n) is 2.26. The average Bonchev–Trinajstić information content (AvgIpc) is 1.84. The van der Waals surface area contributed by atoms with Crippen molar-refractivity contribution in [2.24, 2.45) is 0 Å². The van der Waals surface area contributed by atoms with Gasteiger partial charge in [-0.05, 0) is 0 Å². The SMILES string of the molecule is O=C(O)C(F)C(F)C(F)F. The second-order valence-corrected chi connectivity index (χ2v) is 1.52. The van der Waals surface area contributed by atoms with E-state index >= 15 is 0 Å². The number of carboxylic acids is 1. The Morgan fingerprint density at radius 2 is 1.60 bits per heavy atom. The highest BCUT2D eigenvalue weighted by atomic mass is 19.3. The van der Waals surface area contributed by atoms with Crippen molar-refractivity contribution in [3.63, 3.8) is 0 Å². The maximum atomic E-state index is 11.7. The molecule has 0 aromatic carbocycles. The predicted molar refractivity (Wildman–Crippen MR) is 23.4 cm³/mol. The molecule has 0 spiro atoms. The van der Waals surface area contributed by atoms with E-state index in [0.717, 1.165) is 0 Å². The Balaban J connectivity index is 3.94. The fourth-order valence-electron chi connectivity index (χ4n) is 0.264. The maximum absolute atomic E-state index is 11.7. The molecular formula is C4H4F4O2. The van der Waals surface area contributed by atoms with Crippen molar-refractivity contribution in [3.8, 4) is 0 Å². The lowest BCUT2D eigenvalue weighted by atomic mass is 10.2. The highest BCUT2D eigenvalue weighted by molar-refractivity contribution is 5.72. The van der Waals surface area contributed by atoms with Crippen LogP contribution in [0, 0.1) is 0 Å². The number of aliphatic carboxylic acids is 1. The molecule has 0 aromatic rings. The van der Waals surface area contributed by atoms with Gasteiger partial charge >= 0.3 is 5.97 Å². The minimum Gasteiger partial charge on any atom is -0.479 e. The summed E-state index contributed by atoms with van der Waals surface area (Å²) in [5, 5.41) is 7.65. The Morgan fingerprint density at radius 3 is 1.70 bits per heavy atom. The van der Waals surface area contributed by atoms with Crippen molar-refractivity contribution < 1.29 is 27.5 Å². The molecule has 2 unspecified atom stereocenters. The molecule has 0 aliphatic carbocycles. The highest BCUT2D eigenvalue weighted by Gasteiger charge is 2.34. The summed E-state index contributed by atoms with van der Waals surface area (Å²) in [6.45, 7) is 0. The van der Waals surface area contributed by atoms with Crippen LogP contribution in [0.15, 0.2) is 0 Å². The summed E-state index contributed by atoms with van der Waals surface area (Å²) >= 11 is 0. The third-order valence-corrected chi connectivity index (χ3v) is 0.756. The topological polar surface area (TPSA) is 37.3 Å². The van der Waals surface area contributed by atoms with Gasteiger partial charge in [0.2, 0.25) is 12.3 Å². The molecule has 0 saturated carbocycles. The molecule has 1 N–H and O–H groups in total. The van der Waals surface area contributed by atoms with Crippen LogP contribution in [-0.4, -0.2) is 29.8 Å². The molecule has 0 heterocycles. The Morgan fingerprint density at radius 1 is 1.20 bits per heavy atom. The molecule has 0 saturated heterocycles. The average molecular weight is 160 g/mol. The van der Waals surface area contributed by atoms with Gasteiger partial charge in [0.15, 0.2) is 0 Å². The number of hydrogen-bond acceptors (Lipinski definition) is 1. The molecule has 6 heteroatoms. The summed E-state index contributed by atoms with van der Waals surface area (Å²) in [7, 11) is 0. The number of carboxylic acid groups (broad SMARTS) is 1. The number of halogens is 4. The molecule has 60 valence electrons. The van der Waals surface area contributed by atoms with Crippen LogP contribution >= 0.6 is 0 Å². The van der Waals surface area contributed by atoms with E-state index in [1.54, 1.807) is 0 Å². The molecule has 0 fully saturated rings. The molecule has 10 heavy (non-hydrogen) atoms. The van der Waals surface area contributed by atoms with Crippen LogP contribution in [0.5, 0.6) is 0 Å². The molecule has 2 nitrogen and oxygen atoms in total. The smallest absolute Gasteiger partial charge is 0.341 e. The summed E-state index contributed by atoms with van der Waals surface area (Å²) < 4.78 is 45.7. The fraction of sp³-hybridized carbons (Fsp3) is 0.750. The van der Waals surface area contributed by atoms with E-state index in [-0.39, 0.29) is 0 Å².